The number of aliphatic imine (C=N–C) groups is 2. The summed E-state index contributed by atoms with van der Waals surface area (Å²) in [5, 5.41) is 0.768. The zero-order valence-electron chi connectivity index (χ0n) is 17.2. The number of hydrogen-bond acceptors (Lipinski definition) is 6. The number of fused-ring (bicyclic) bond motifs is 3. The van der Waals surface area contributed by atoms with E-state index in [2.05, 4.69) is 27.0 Å². The van der Waals surface area contributed by atoms with Crippen LogP contribution in [0.2, 0.25) is 0 Å². The summed E-state index contributed by atoms with van der Waals surface area (Å²) < 4.78 is 5.98. The third kappa shape index (κ3) is 4.22. The van der Waals surface area contributed by atoms with Crippen molar-refractivity contribution >= 4 is 29.4 Å². The molecule has 0 spiro atoms. The minimum absolute atomic E-state index is 0.0941. The van der Waals surface area contributed by atoms with Gasteiger partial charge in [0.15, 0.2) is 10.8 Å². The van der Waals surface area contributed by atoms with Gasteiger partial charge in [-0.05, 0) is 31.5 Å². The molecule has 30 heavy (non-hydrogen) atoms. The Hall–Kier alpha value is -2.78. The Morgan fingerprint density at radius 3 is 2.93 bits per heavy atom. The van der Waals surface area contributed by atoms with Crippen LogP contribution in [-0.2, 0) is 11.2 Å². The summed E-state index contributed by atoms with van der Waals surface area (Å²) in [5.41, 5.74) is 14.0. The van der Waals surface area contributed by atoms with E-state index in [-0.39, 0.29) is 11.9 Å². The molecule has 1 amide bonds. The number of carbonyl (C=O) groups excluding carboxylic acids is 1. The molecule has 2 aliphatic heterocycles. The first kappa shape index (κ1) is 20.5. The van der Waals surface area contributed by atoms with Crippen LogP contribution >= 0.6 is 11.3 Å². The Morgan fingerprint density at radius 1 is 1.43 bits per heavy atom. The predicted molar refractivity (Wildman–Crippen MR) is 119 cm³/mol. The molecule has 0 radical (unpaired) electrons. The van der Waals surface area contributed by atoms with E-state index < -0.39 is 0 Å². The Bertz CT molecular complexity index is 1010. The highest BCUT2D eigenvalue weighted by Crippen LogP contribution is 2.40. The highest BCUT2D eigenvalue weighted by Gasteiger charge is 2.30. The summed E-state index contributed by atoms with van der Waals surface area (Å²) in [4.78, 5) is 28.0. The van der Waals surface area contributed by atoms with Crippen LogP contribution in [0, 0.1) is 0 Å². The number of likely N-dealkylation sites (tertiary alicyclic amines) is 1. The summed E-state index contributed by atoms with van der Waals surface area (Å²) >= 11 is 1.59. The maximum Gasteiger partial charge on any atom is 0.231 e. The predicted octanol–water partition coefficient (Wildman–Crippen LogP) is 1.77. The van der Waals surface area contributed by atoms with Crippen LogP contribution in [0.5, 0.6) is 5.75 Å². The lowest BCUT2D eigenvalue weighted by Gasteiger charge is -2.38. The van der Waals surface area contributed by atoms with Gasteiger partial charge in [-0.2, -0.15) is 0 Å². The SMILES string of the molecule is CC(C)N=C(N=CN)c1nc2c(s1)CCOc1ccc(C3CN(CC(N)=O)C3)cc1-2. The van der Waals surface area contributed by atoms with Gasteiger partial charge in [-0.15, -0.1) is 11.3 Å². The molecule has 0 saturated carbocycles. The second kappa shape index (κ2) is 8.53. The average molecular weight is 427 g/mol. The number of nitrogens with zero attached hydrogens (tertiary/aromatic N) is 4. The van der Waals surface area contributed by atoms with Crippen LogP contribution in [-0.4, -0.2) is 60.2 Å². The van der Waals surface area contributed by atoms with E-state index in [0.29, 0.717) is 24.9 Å². The van der Waals surface area contributed by atoms with Crippen molar-refractivity contribution in [1.29, 1.82) is 0 Å². The van der Waals surface area contributed by atoms with Gasteiger partial charge in [-0.1, -0.05) is 6.07 Å². The number of hydrogen-bond donors (Lipinski definition) is 2. The van der Waals surface area contributed by atoms with Gasteiger partial charge in [0.2, 0.25) is 5.91 Å². The van der Waals surface area contributed by atoms with Gasteiger partial charge in [0, 0.05) is 41.9 Å². The zero-order valence-corrected chi connectivity index (χ0v) is 18.0. The normalized spacial score (nSPS) is 17.4. The van der Waals surface area contributed by atoms with Gasteiger partial charge >= 0.3 is 0 Å². The Kier molecular flexibility index (Phi) is 5.83. The molecule has 2 aromatic rings. The first-order chi connectivity index (χ1) is 14.4. The van der Waals surface area contributed by atoms with E-state index in [9.17, 15) is 4.79 Å². The van der Waals surface area contributed by atoms with E-state index in [1.165, 1.54) is 11.9 Å². The molecule has 9 heteroatoms. The Labute approximate surface area is 179 Å². The summed E-state index contributed by atoms with van der Waals surface area (Å²) in [6.07, 6.45) is 2.05. The number of rotatable bonds is 5. The van der Waals surface area contributed by atoms with Crippen molar-refractivity contribution in [1.82, 2.24) is 9.88 Å². The molecule has 0 unspecified atom stereocenters. The molecule has 0 atom stereocenters. The van der Waals surface area contributed by atoms with E-state index in [4.69, 9.17) is 21.2 Å². The molecule has 1 aromatic heterocycles. The smallest absolute Gasteiger partial charge is 0.231 e. The average Bonchev–Trinajstić information content (AvgIpc) is 3.00. The number of carbonyl (C=O) groups is 1. The van der Waals surface area contributed by atoms with Crippen molar-refractivity contribution in [2.45, 2.75) is 32.2 Å². The Morgan fingerprint density at radius 2 is 2.23 bits per heavy atom. The summed E-state index contributed by atoms with van der Waals surface area (Å²) in [7, 11) is 0. The lowest BCUT2D eigenvalue weighted by molar-refractivity contribution is -0.120. The number of amidine groups is 1. The molecule has 8 nitrogen and oxygen atoms in total. The number of ether oxygens (including phenoxy) is 1. The number of primary amides is 1. The van der Waals surface area contributed by atoms with Gasteiger partial charge in [-0.25, -0.2) is 9.98 Å². The van der Waals surface area contributed by atoms with E-state index in [1.807, 2.05) is 19.9 Å². The molecule has 3 heterocycles. The van der Waals surface area contributed by atoms with Crippen LogP contribution in [0.3, 0.4) is 0 Å². The third-order valence-corrected chi connectivity index (χ3v) is 6.23. The van der Waals surface area contributed by atoms with Crippen LogP contribution in [0.1, 0.15) is 35.2 Å². The van der Waals surface area contributed by atoms with E-state index in [0.717, 1.165) is 46.4 Å². The van der Waals surface area contributed by atoms with Crippen LogP contribution < -0.4 is 16.2 Å². The molecule has 2 aliphatic rings. The molecule has 4 N–H and O–H groups in total. The number of aromatic nitrogens is 1. The Balaban J connectivity index is 1.66. The number of amides is 1. The molecule has 1 fully saturated rings. The summed E-state index contributed by atoms with van der Waals surface area (Å²) in [5.74, 6) is 1.49. The first-order valence-corrected chi connectivity index (χ1v) is 10.9. The molecular formula is C21H26N6O2S. The van der Waals surface area contributed by atoms with Gasteiger partial charge in [0.05, 0.1) is 25.2 Å². The van der Waals surface area contributed by atoms with Crippen molar-refractivity contribution in [3.8, 4) is 17.0 Å². The van der Waals surface area contributed by atoms with Gasteiger partial charge in [0.1, 0.15) is 5.75 Å². The topological polar surface area (TPSA) is 119 Å². The molecule has 1 saturated heterocycles. The quantitative estimate of drug-likeness (QED) is 0.558. The fraction of sp³-hybridized carbons (Fsp3) is 0.429. The molecule has 1 aromatic carbocycles. The molecular weight excluding hydrogens is 400 g/mol. The zero-order chi connectivity index (χ0) is 21.3. The van der Waals surface area contributed by atoms with Gasteiger partial charge < -0.3 is 16.2 Å². The number of benzene rings is 1. The minimum atomic E-state index is -0.289. The lowest BCUT2D eigenvalue weighted by Crippen LogP contribution is -2.48. The third-order valence-electron chi connectivity index (χ3n) is 5.12. The van der Waals surface area contributed by atoms with Crippen molar-refractivity contribution in [3.05, 3.63) is 33.6 Å². The fourth-order valence-corrected chi connectivity index (χ4v) is 4.79. The highest BCUT2D eigenvalue weighted by molar-refractivity contribution is 7.14. The maximum atomic E-state index is 11.1. The highest BCUT2D eigenvalue weighted by atomic mass is 32.1. The second-order valence-electron chi connectivity index (χ2n) is 7.83. The fourth-order valence-electron chi connectivity index (χ4n) is 3.78. The minimum Gasteiger partial charge on any atom is -0.493 e. The van der Waals surface area contributed by atoms with Gasteiger partial charge in [0.25, 0.3) is 0 Å². The monoisotopic (exact) mass is 426 g/mol. The van der Waals surface area contributed by atoms with Crippen LogP contribution in [0.25, 0.3) is 11.3 Å². The maximum absolute atomic E-state index is 11.1. The molecule has 0 bridgehead atoms. The largest absolute Gasteiger partial charge is 0.493 e. The first-order valence-electron chi connectivity index (χ1n) is 10.0. The molecule has 4 rings (SSSR count). The van der Waals surface area contributed by atoms with Crippen molar-refractivity contribution in [3.63, 3.8) is 0 Å². The van der Waals surface area contributed by atoms with Crippen molar-refractivity contribution in [2.24, 2.45) is 21.5 Å². The molecule has 158 valence electrons. The van der Waals surface area contributed by atoms with Crippen molar-refractivity contribution in [2.75, 3.05) is 26.2 Å². The van der Waals surface area contributed by atoms with Gasteiger partial charge in [-0.3, -0.25) is 14.7 Å². The lowest BCUT2D eigenvalue weighted by atomic mass is 9.89. The van der Waals surface area contributed by atoms with Crippen LogP contribution in [0.15, 0.2) is 28.2 Å². The summed E-state index contributed by atoms with van der Waals surface area (Å²) in [6.45, 7) is 6.57. The van der Waals surface area contributed by atoms with E-state index in [1.54, 1.807) is 11.3 Å². The summed E-state index contributed by atoms with van der Waals surface area (Å²) in [6, 6.07) is 6.39. The number of nitrogens with two attached hydrogens (primary N) is 2. The number of thiazole rings is 1. The van der Waals surface area contributed by atoms with E-state index >= 15 is 0 Å². The van der Waals surface area contributed by atoms with Crippen LogP contribution in [0.4, 0.5) is 0 Å². The standard InChI is InChI=1S/C21H26N6O2S/c1-12(2)25-20(24-11-22)21-26-19-15-7-13(14-8-27(9-14)10-18(23)28)3-4-16(15)29-6-5-17(19)30-21/h3-4,7,11-12,14H,5-6,8-10H2,1-2H3,(H2,23,28)(H2,22,24,25). The van der Waals surface area contributed by atoms with Crippen molar-refractivity contribution < 1.29 is 9.53 Å². The second-order valence-corrected chi connectivity index (χ2v) is 8.91. The molecule has 0 aliphatic carbocycles.